The smallest absolute Gasteiger partial charge is 0.255 e. The first-order chi connectivity index (χ1) is 8.09. The molecular weight excluding hydrogens is 284 g/mol. The molecule has 92 valence electrons. The summed E-state index contributed by atoms with van der Waals surface area (Å²) in [6, 6.07) is 5.41. The maximum Gasteiger partial charge on any atom is 0.255 e. The molecule has 1 aromatic carbocycles. The van der Waals surface area contributed by atoms with Crippen molar-refractivity contribution in [3.05, 3.63) is 28.2 Å². The number of rotatable bonds is 2. The molecular formula is C12H15BrN2O2. The first-order valence-electron chi connectivity index (χ1n) is 5.49. The quantitative estimate of drug-likeness (QED) is 0.849. The number of carbonyl (C=O) groups is 1. The van der Waals surface area contributed by atoms with E-state index in [-0.39, 0.29) is 11.9 Å². The van der Waals surface area contributed by atoms with Crippen LogP contribution in [0, 0.1) is 0 Å². The van der Waals surface area contributed by atoms with E-state index in [9.17, 15) is 4.79 Å². The Hall–Kier alpha value is -1.07. The average molecular weight is 299 g/mol. The minimum Gasteiger partial charge on any atom is -0.399 e. The Morgan fingerprint density at radius 2 is 2.35 bits per heavy atom. The fraction of sp³-hybridized carbons (Fsp3) is 0.417. The van der Waals surface area contributed by atoms with Crippen molar-refractivity contribution in [2.45, 2.75) is 12.5 Å². The van der Waals surface area contributed by atoms with Crippen molar-refractivity contribution in [2.75, 3.05) is 26.0 Å². The zero-order chi connectivity index (χ0) is 12.4. The molecule has 0 saturated carbocycles. The molecule has 0 aliphatic carbocycles. The zero-order valence-electron chi connectivity index (χ0n) is 9.65. The fourth-order valence-electron chi connectivity index (χ4n) is 1.89. The number of hydrogen-bond donors (Lipinski definition) is 1. The van der Waals surface area contributed by atoms with Crippen LogP contribution in [0.1, 0.15) is 16.8 Å². The predicted molar refractivity (Wildman–Crippen MR) is 69.9 cm³/mol. The van der Waals surface area contributed by atoms with Gasteiger partial charge in [0.2, 0.25) is 0 Å². The Morgan fingerprint density at radius 3 is 3.00 bits per heavy atom. The first kappa shape index (κ1) is 12.4. The number of nitrogens with two attached hydrogens (primary N) is 1. The summed E-state index contributed by atoms with van der Waals surface area (Å²) in [5, 5.41) is 0. The monoisotopic (exact) mass is 298 g/mol. The Labute approximate surface area is 109 Å². The summed E-state index contributed by atoms with van der Waals surface area (Å²) in [4.78, 5) is 14.0. The molecule has 4 nitrogen and oxygen atoms in total. The van der Waals surface area contributed by atoms with Gasteiger partial charge >= 0.3 is 0 Å². The van der Waals surface area contributed by atoms with Crippen LogP contribution in [0.2, 0.25) is 0 Å². The Bertz CT molecular complexity index is 431. The van der Waals surface area contributed by atoms with Crippen LogP contribution < -0.4 is 5.73 Å². The van der Waals surface area contributed by atoms with Gasteiger partial charge in [0.05, 0.1) is 18.2 Å². The largest absolute Gasteiger partial charge is 0.399 e. The highest BCUT2D eigenvalue weighted by atomic mass is 79.9. The summed E-state index contributed by atoms with van der Waals surface area (Å²) in [5.41, 5.74) is 6.89. The summed E-state index contributed by atoms with van der Waals surface area (Å²) in [7, 11) is 1.80. The van der Waals surface area contributed by atoms with Crippen LogP contribution in [0.25, 0.3) is 0 Å². The van der Waals surface area contributed by atoms with E-state index in [2.05, 4.69) is 15.9 Å². The summed E-state index contributed by atoms with van der Waals surface area (Å²) < 4.78 is 6.05. The summed E-state index contributed by atoms with van der Waals surface area (Å²) >= 11 is 3.37. The molecule has 1 amide bonds. The highest BCUT2D eigenvalue weighted by molar-refractivity contribution is 9.10. The number of likely N-dealkylation sites (N-methyl/N-ethyl adjacent to an activating group) is 1. The fourth-order valence-corrected chi connectivity index (χ4v) is 2.31. The first-order valence-corrected chi connectivity index (χ1v) is 6.29. The van der Waals surface area contributed by atoms with Gasteiger partial charge in [0.25, 0.3) is 5.91 Å². The maximum absolute atomic E-state index is 12.3. The van der Waals surface area contributed by atoms with Crippen molar-refractivity contribution in [3.8, 4) is 0 Å². The zero-order valence-corrected chi connectivity index (χ0v) is 11.2. The lowest BCUT2D eigenvalue weighted by Gasteiger charge is -2.23. The van der Waals surface area contributed by atoms with Crippen LogP contribution in [0.5, 0.6) is 0 Å². The molecule has 1 aliphatic heterocycles. The minimum atomic E-state index is -0.0281. The summed E-state index contributed by atoms with van der Waals surface area (Å²) in [5.74, 6) is -0.0281. The number of ether oxygens (including phenoxy) is 1. The lowest BCUT2D eigenvalue weighted by molar-refractivity contribution is 0.0710. The number of nitrogen functional groups attached to an aromatic ring is 1. The molecule has 1 unspecified atom stereocenters. The lowest BCUT2D eigenvalue weighted by atomic mass is 10.1. The number of carbonyl (C=O) groups excluding carboxylic acids is 1. The molecule has 0 radical (unpaired) electrons. The maximum atomic E-state index is 12.3. The van der Waals surface area contributed by atoms with Gasteiger partial charge in [-0.1, -0.05) is 0 Å². The van der Waals surface area contributed by atoms with Gasteiger partial charge in [-0.25, -0.2) is 0 Å². The molecule has 1 heterocycles. The van der Waals surface area contributed by atoms with E-state index in [4.69, 9.17) is 10.5 Å². The van der Waals surface area contributed by atoms with Crippen LogP contribution in [0.3, 0.4) is 0 Å². The molecule has 1 aromatic rings. The number of anilines is 1. The van der Waals surface area contributed by atoms with E-state index in [0.29, 0.717) is 17.9 Å². The van der Waals surface area contributed by atoms with Crippen molar-refractivity contribution >= 4 is 27.5 Å². The normalized spacial score (nSPS) is 19.3. The van der Waals surface area contributed by atoms with E-state index in [0.717, 1.165) is 17.5 Å². The number of hydrogen-bond acceptors (Lipinski definition) is 3. The van der Waals surface area contributed by atoms with Crippen LogP contribution >= 0.6 is 15.9 Å². The Balaban J connectivity index is 2.20. The van der Waals surface area contributed by atoms with Gasteiger partial charge in [-0.2, -0.15) is 0 Å². The average Bonchev–Trinajstić information content (AvgIpc) is 2.84. The molecule has 1 fully saturated rings. The molecule has 2 rings (SSSR count). The van der Waals surface area contributed by atoms with Crippen molar-refractivity contribution in [1.82, 2.24) is 4.90 Å². The molecule has 1 aliphatic rings. The highest BCUT2D eigenvalue weighted by Gasteiger charge is 2.25. The van der Waals surface area contributed by atoms with Gasteiger partial charge < -0.3 is 15.4 Å². The summed E-state index contributed by atoms with van der Waals surface area (Å²) in [6.07, 6.45) is 0.891. The number of amides is 1. The van der Waals surface area contributed by atoms with Crippen LogP contribution in [-0.2, 0) is 4.74 Å². The number of benzene rings is 1. The third-order valence-electron chi connectivity index (χ3n) is 2.99. The van der Waals surface area contributed by atoms with Gasteiger partial charge in [0.15, 0.2) is 0 Å². The predicted octanol–water partition coefficient (Wildman–Crippen LogP) is 1.89. The highest BCUT2D eigenvalue weighted by Crippen LogP contribution is 2.22. The van der Waals surface area contributed by atoms with Crippen molar-refractivity contribution < 1.29 is 9.53 Å². The second kappa shape index (κ2) is 5.06. The topological polar surface area (TPSA) is 55.6 Å². The van der Waals surface area contributed by atoms with Crippen molar-refractivity contribution in [2.24, 2.45) is 0 Å². The second-order valence-electron chi connectivity index (χ2n) is 4.17. The number of halogens is 1. The van der Waals surface area contributed by atoms with E-state index in [1.807, 2.05) is 0 Å². The van der Waals surface area contributed by atoms with E-state index in [1.54, 1.807) is 30.1 Å². The van der Waals surface area contributed by atoms with Gasteiger partial charge in [0.1, 0.15) is 0 Å². The standard InChI is InChI=1S/C12H15BrN2O2/c1-15(9-4-5-17-7-9)12(16)10-6-8(14)2-3-11(10)13/h2-3,6,9H,4-5,7,14H2,1H3. The van der Waals surface area contributed by atoms with Crippen LogP contribution in [0.15, 0.2) is 22.7 Å². The Morgan fingerprint density at radius 1 is 1.59 bits per heavy atom. The van der Waals surface area contributed by atoms with Gasteiger partial charge in [-0.3, -0.25) is 4.79 Å². The van der Waals surface area contributed by atoms with Crippen LogP contribution in [-0.4, -0.2) is 37.1 Å². The molecule has 17 heavy (non-hydrogen) atoms. The lowest BCUT2D eigenvalue weighted by Crippen LogP contribution is -2.37. The molecule has 0 aromatic heterocycles. The molecule has 1 atom stereocenters. The summed E-state index contributed by atoms with van der Waals surface area (Å²) in [6.45, 7) is 1.34. The van der Waals surface area contributed by atoms with Gasteiger partial charge in [-0.15, -0.1) is 0 Å². The third kappa shape index (κ3) is 2.61. The van der Waals surface area contributed by atoms with E-state index < -0.39 is 0 Å². The van der Waals surface area contributed by atoms with E-state index in [1.165, 1.54) is 0 Å². The van der Waals surface area contributed by atoms with Gasteiger partial charge in [0, 0.05) is 23.8 Å². The van der Waals surface area contributed by atoms with E-state index >= 15 is 0 Å². The molecule has 5 heteroatoms. The van der Waals surface area contributed by atoms with Crippen LogP contribution in [0.4, 0.5) is 5.69 Å². The molecule has 2 N–H and O–H groups in total. The van der Waals surface area contributed by atoms with Crippen molar-refractivity contribution in [3.63, 3.8) is 0 Å². The van der Waals surface area contributed by atoms with Gasteiger partial charge in [-0.05, 0) is 40.5 Å². The number of nitrogens with zero attached hydrogens (tertiary/aromatic N) is 1. The van der Waals surface area contributed by atoms with Crippen molar-refractivity contribution in [1.29, 1.82) is 0 Å². The molecule has 1 saturated heterocycles. The second-order valence-corrected chi connectivity index (χ2v) is 5.03. The molecule has 0 bridgehead atoms. The SMILES string of the molecule is CN(C(=O)c1cc(N)ccc1Br)C1CCOC1. The minimum absolute atomic E-state index is 0.0281. The third-order valence-corrected chi connectivity index (χ3v) is 3.69. The Kier molecular flexibility index (Phi) is 3.69. The molecule has 0 spiro atoms.